The molecule has 0 spiro atoms. The largest absolute Gasteiger partial charge is 0.433 e. The molecule has 0 saturated carbocycles. The topological polar surface area (TPSA) is 73.4 Å². The zero-order chi connectivity index (χ0) is 21.3. The number of alkyl halides is 3. The summed E-state index contributed by atoms with van der Waals surface area (Å²) in [5.41, 5.74) is -0.214. The van der Waals surface area contributed by atoms with Gasteiger partial charge in [-0.25, -0.2) is 14.5 Å². The van der Waals surface area contributed by atoms with Gasteiger partial charge < -0.3 is 5.32 Å². The first kappa shape index (κ1) is 20.0. The molecule has 0 bridgehead atoms. The molecule has 154 valence electrons. The Morgan fingerprint density at radius 1 is 1.23 bits per heavy atom. The van der Waals surface area contributed by atoms with E-state index in [0.29, 0.717) is 9.39 Å². The highest BCUT2D eigenvalue weighted by atomic mass is 32.1. The molecule has 4 heterocycles. The molecule has 6 nitrogen and oxygen atoms in total. The molecular weight excluding hydrogens is 415 g/mol. The summed E-state index contributed by atoms with van der Waals surface area (Å²) in [6.07, 6.45) is -2.16. The maximum absolute atomic E-state index is 13.7. The first-order valence-electron chi connectivity index (χ1n) is 9.16. The molecule has 0 radical (unpaired) electrons. The van der Waals surface area contributed by atoms with Gasteiger partial charge in [-0.1, -0.05) is 13.0 Å². The van der Waals surface area contributed by atoms with Crippen molar-refractivity contribution < 1.29 is 22.9 Å². The lowest BCUT2D eigenvalue weighted by atomic mass is 10.2. The highest BCUT2D eigenvalue weighted by Gasteiger charge is 2.35. The number of pyridine rings is 1. The number of carbonyl (C=O) groups excluding carboxylic acids is 1. The number of rotatable bonds is 5. The number of thiophene rings is 1. The van der Waals surface area contributed by atoms with Crippen molar-refractivity contribution in [3.05, 3.63) is 70.6 Å². The fourth-order valence-electron chi connectivity index (χ4n) is 2.93. The van der Waals surface area contributed by atoms with Crippen LogP contribution in [0, 0.1) is 0 Å². The molecular formula is C20H17F3N5OS+. The average molecular weight is 432 g/mol. The Hall–Kier alpha value is -3.27. The Balaban J connectivity index is 1.70. The SMILES string of the molecule is CCc1ccc(-c2cc(C(F)(F)F)n3nc(C(=O)NCc4cccc[nH+]4)cc3n2)s1. The molecule has 30 heavy (non-hydrogen) atoms. The normalized spacial score (nSPS) is 11.7. The van der Waals surface area contributed by atoms with Gasteiger partial charge in [0.1, 0.15) is 6.54 Å². The number of aromatic amines is 1. The number of nitrogens with one attached hydrogen (secondary N) is 2. The van der Waals surface area contributed by atoms with Gasteiger partial charge in [0.15, 0.2) is 28.9 Å². The van der Waals surface area contributed by atoms with Gasteiger partial charge in [0.2, 0.25) is 0 Å². The predicted molar refractivity (Wildman–Crippen MR) is 105 cm³/mol. The van der Waals surface area contributed by atoms with Crippen molar-refractivity contribution in [1.29, 1.82) is 0 Å². The van der Waals surface area contributed by atoms with E-state index in [4.69, 9.17) is 0 Å². The number of H-pyrrole nitrogens is 1. The molecule has 10 heteroatoms. The minimum atomic E-state index is -4.65. The summed E-state index contributed by atoms with van der Waals surface area (Å²) in [6.45, 7) is 2.16. The van der Waals surface area contributed by atoms with E-state index >= 15 is 0 Å². The molecule has 1 amide bonds. The Morgan fingerprint density at radius 2 is 2.07 bits per heavy atom. The lowest BCUT2D eigenvalue weighted by molar-refractivity contribution is -0.390. The zero-order valence-corrected chi connectivity index (χ0v) is 16.6. The predicted octanol–water partition coefficient (Wildman–Crippen LogP) is 3.78. The van der Waals surface area contributed by atoms with E-state index < -0.39 is 17.8 Å². The third kappa shape index (κ3) is 4.04. The number of fused-ring (bicyclic) bond motifs is 1. The molecule has 0 aliphatic rings. The Kier molecular flexibility index (Phi) is 5.25. The highest BCUT2D eigenvalue weighted by molar-refractivity contribution is 7.15. The maximum Gasteiger partial charge on any atom is 0.433 e. The number of hydrogen-bond acceptors (Lipinski definition) is 4. The molecule has 0 fully saturated rings. The summed E-state index contributed by atoms with van der Waals surface area (Å²) in [5, 5.41) is 6.50. The summed E-state index contributed by atoms with van der Waals surface area (Å²) < 4.78 is 41.7. The van der Waals surface area contributed by atoms with Crippen molar-refractivity contribution in [2.45, 2.75) is 26.1 Å². The van der Waals surface area contributed by atoms with Gasteiger partial charge in [-0.3, -0.25) is 4.79 Å². The van der Waals surface area contributed by atoms with E-state index in [9.17, 15) is 18.0 Å². The number of aromatic nitrogens is 4. The van der Waals surface area contributed by atoms with Crippen LogP contribution in [0.3, 0.4) is 0 Å². The summed E-state index contributed by atoms with van der Waals surface area (Å²) >= 11 is 1.39. The first-order chi connectivity index (χ1) is 14.3. The standard InChI is InChI=1S/C20H16F3N5OS/c1-2-13-6-7-16(30-13)14-9-17(20(21,22)23)28-18(26-14)10-15(27-28)19(29)25-11-12-5-3-4-8-24-12/h3-10H,2,11H2,1H3,(H,25,29)/p+1. The number of carbonyl (C=O) groups is 1. The molecule has 2 N–H and O–H groups in total. The molecule has 4 aromatic rings. The molecule has 0 saturated heterocycles. The van der Waals surface area contributed by atoms with Crippen molar-refractivity contribution in [2.75, 3.05) is 0 Å². The van der Waals surface area contributed by atoms with E-state index in [1.807, 2.05) is 13.0 Å². The van der Waals surface area contributed by atoms with E-state index in [1.54, 1.807) is 30.5 Å². The van der Waals surface area contributed by atoms with Crippen molar-refractivity contribution in [2.24, 2.45) is 0 Å². The smallest absolute Gasteiger partial charge is 0.340 e. The van der Waals surface area contributed by atoms with Gasteiger partial charge in [0.25, 0.3) is 5.91 Å². The van der Waals surface area contributed by atoms with Gasteiger partial charge >= 0.3 is 6.18 Å². The van der Waals surface area contributed by atoms with Crippen molar-refractivity contribution in [1.82, 2.24) is 19.9 Å². The van der Waals surface area contributed by atoms with Gasteiger partial charge in [-0.2, -0.15) is 18.3 Å². The quantitative estimate of drug-likeness (QED) is 0.522. The monoisotopic (exact) mass is 432 g/mol. The second-order valence-electron chi connectivity index (χ2n) is 6.51. The highest BCUT2D eigenvalue weighted by Crippen LogP contribution is 2.34. The first-order valence-corrected chi connectivity index (χ1v) is 9.97. The van der Waals surface area contributed by atoms with Gasteiger partial charge in [-0.15, -0.1) is 11.3 Å². The van der Waals surface area contributed by atoms with Crippen LogP contribution in [0.1, 0.15) is 33.7 Å². The minimum Gasteiger partial charge on any atom is -0.340 e. The summed E-state index contributed by atoms with van der Waals surface area (Å²) in [7, 11) is 0. The van der Waals surface area contributed by atoms with Crippen molar-refractivity contribution in [3.8, 4) is 10.6 Å². The van der Waals surface area contributed by atoms with E-state index in [2.05, 4.69) is 20.4 Å². The number of hydrogen-bond donors (Lipinski definition) is 1. The zero-order valence-electron chi connectivity index (χ0n) is 15.8. The van der Waals surface area contributed by atoms with Crippen LogP contribution in [0.25, 0.3) is 16.2 Å². The van der Waals surface area contributed by atoms with Crippen molar-refractivity contribution in [3.63, 3.8) is 0 Å². The fraction of sp³-hybridized carbons (Fsp3) is 0.200. The van der Waals surface area contributed by atoms with Crippen LogP contribution in [0.4, 0.5) is 13.2 Å². The lowest BCUT2D eigenvalue weighted by Crippen LogP contribution is -2.26. The Morgan fingerprint density at radius 3 is 2.73 bits per heavy atom. The van der Waals surface area contributed by atoms with Crippen LogP contribution in [0.2, 0.25) is 0 Å². The minimum absolute atomic E-state index is 0.0392. The van der Waals surface area contributed by atoms with Gasteiger partial charge in [0, 0.05) is 23.1 Å². The van der Waals surface area contributed by atoms with Crippen LogP contribution in [0.15, 0.2) is 48.7 Å². The molecule has 4 rings (SSSR count). The van der Waals surface area contributed by atoms with Crippen LogP contribution >= 0.6 is 11.3 Å². The van der Waals surface area contributed by atoms with Crippen LogP contribution in [-0.4, -0.2) is 20.5 Å². The van der Waals surface area contributed by atoms with Crippen LogP contribution < -0.4 is 10.3 Å². The van der Waals surface area contributed by atoms with Gasteiger partial charge in [0.05, 0.1) is 10.6 Å². The average Bonchev–Trinajstić information content (AvgIpc) is 3.38. The summed E-state index contributed by atoms with van der Waals surface area (Å²) in [6, 6.07) is 11.2. The molecule has 0 aliphatic carbocycles. The summed E-state index contributed by atoms with van der Waals surface area (Å²) in [5.74, 6) is -0.586. The maximum atomic E-state index is 13.7. The number of nitrogens with zero attached hydrogens (tertiary/aromatic N) is 3. The third-order valence-corrected chi connectivity index (χ3v) is 5.68. The number of amides is 1. The molecule has 4 aromatic heterocycles. The van der Waals surface area contributed by atoms with E-state index in [0.717, 1.165) is 23.1 Å². The molecule has 0 unspecified atom stereocenters. The lowest BCUT2D eigenvalue weighted by Gasteiger charge is -2.10. The second kappa shape index (κ2) is 7.86. The number of halogens is 3. The third-order valence-electron chi connectivity index (χ3n) is 4.43. The Bertz CT molecular complexity index is 1200. The van der Waals surface area contributed by atoms with E-state index in [-0.39, 0.29) is 23.6 Å². The molecule has 0 aromatic carbocycles. The second-order valence-corrected chi connectivity index (χ2v) is 7.68. The Labute approximate surface area is 173 Å². The van der Waals surface area contributed by atoms with Crippen LogP contribution in [0.5, 0.6) is 0 Å². The van der Waals surface area contributed by atoms with Crippen LogP contribution in [-0.2, 0) is 19.1 Å². The van der Waals surface area contributed by atoms with Gasteiger partial charge in [-0.05, 0) is 24.6 Å². The van der Waals surface area contributed by atoms with Crippen molar-refractivity contribution >= 4 is 22.9 Å². The number of aryl methyl sites for hydroxylation is 1. The molecule has 0 aliphatic heterocycles. The fourth-order valence-corrected chi connectivity index (χ4v) is 3.83. The molecule has 0 atom stereocenters. The summed E-state index contributed by atoms with van der Waals surface area (Å²) in [4.78, 5) is 21.4. The van der Waals surface area contributed by atoms with E-state index in [1.165, 1.54) is 17.4 Å².